The second-order valence-corrected chi connectivity index (χ2v) is 9.07. The van der Waals surface area contributed by atoms with Crippen molar-refractivity contribution in [1.82, 2.24) is 4.90 Å². The molecule has 4 rings (SSSR count). The molecule has 1 unspecified atom stereocenters. The fourth-order valence-electron chi connectivity index (χ4n) is 5.08. The summed E-state index contributed by atoms with van der Waals surface area (Å²) in [5.41, 5.74) is 0.733. The number of rotatable bonds is 10. The maximum absolute atomic E-state index is 13.0. The minimum absolute atomic E-state index is 0.116. The second-order valence-electron chi connectivity index (χ2n) is 9.07. The lowest BCUT2D eigenvalue weighted by molar-refractivity contribution is -0.386. The van der Waals surface area contributed by atoms with E-state index in [9.17, 15) is 20.0 Å². The van der Waals surface area contributed by atoms with Crippen molar-refractivity contribution in [2.75, 3.05) is 0 Å². The van der Waals surface area contributed by atoms with Gasteiger partial charge in [0.05, 0.1) is 4.92 Å². The summed E-state index contributed by atoms with van der Waals surface area (Å²) < 4.78 is 6.45. The Morgan fingerprint density at radius 1 is 0.886 bits per heavy atom. The molecule has 35 heavy (non-hydrogen) atoms. The third-order valence-electron chi connectivity index (χ3n) is 6.63. The maximum atomic E-state index is 13.0. The van der Waals surface area contributed by atoms with Crippen LogP contribution in [-0.2, 0) is 17.9 Å². The van der Waals surface area contributed by atoms with Crippen LogP contribution >= 0.6 is 0 Å². The molecule has 0 bridgehead atoms. The van der Waals surface area contributed by atoms with Gasteiger partial charge in [0.1, 0.15) is 11.6 Å². The predicted molar refractivity (Wildman–Crippen MR) is 133 cm³/mol. The van der Waals surface area contributed by atoms with Crippen molar-refractivity contribution in [2.24, 2.45) is 0 Å². The molecule has 0 aromatic heterocycles. The minimum Gasteiger partial charge on any atom is -0.480 e. The van der Waals surface area contributed by atoms with Crippen LogP contribution < -0.4 is 4.74 Å². The summed E-state index contributed by atoms with van der Waals surface area (Å²) in [5, 5.41) is 22.3. The lowest BCUT2D eigenvalue weighted by atomic mass is 9.78. The second kappa shape index (κ2) is 11.1. The van der Waals surface area contributed by atoms with Crippen LogP contribution in [-0.4, -0.2) is 32.5 Å². The molecule has 182 valence electrons. The van der Waals surface area contributed by atoms with E-state index in [1.165, 1.54) is 6.07 Å². The highest BCUT2D eigenvalue weighted by Gasteiger charge is 2.50. The first-order valence-electron chi connectivity index (χ1n) is 12.0. The van der Waals surface area contributed by atoms with Crippen LogP contribution in [0.1, 0.15) is 43.2 Å². The van der Waals surface area contributed by atoms with Crippen molar-refractivity contribution in [1.29, 1.82) is 0 Å². The van der Waals surface area contributed by atoms with Crippen molar-refractivity contribution in [3.05, 3.63) is 106 Å². The van der Waals surface area contributed by atoms with Gasteiger partial charge in [0.15, 0.2) is 5.75 Å². The lowest BCUT2D eigenvalue weighted by Gasteiger charge is -2.46. The fraction of sp³-hybridized carbons (Fsp3) is 0.321. The van der Waals surface area contributed by atoms with Crippen LogP contribution in [0.2, 0.25) is 0 Å². The third kappa shape index (κ3) is 5.87. The molecule has 7 nitrogen and oxygen atoms in total. The average Bonchev–Trinajstić information content (AvgIpc) is 2.86. The highest BCUT2D eigenvalue weighted by Crippen LogP contribution is 2.41. The fourth-order valence-corrected chi connectivity index (χ4v) is 5.08. The zero-order valence-electron chi connectivity index (χ0n) is 19.6. The molecule has 1 aliphatic carbocycles. The largest absolute Gasteiger partial charge is 0.480 e. The third-order valence-corrected chi connectivity index (χ3v) is 6.63. The number of para-hydroxylation sites is 2. The zero-order chi connectivity index (χ0) is 24.7. The van der Waals surface area contributed by atoms with Crippen molar-refractivity contribution < 1.29 is 19.6 Å². The molecule has 0 radical (unpaired) electrons. The summed E-state index contributed by atoms with van der Waals surface area (Å²) in [6.45, 7) is 0.823. The van der Waals surface area contributed by atoms with Gasteiger partial charge in [-0.1, -0.05) is 79.2 Å². The molecule has 1 fully saturated rings. The molecule has 1 saturated carbocycles. The van der Waals surface area contributed by atoms with E-state index in [1.807, 2.05) is 65.6 Å². The van der Waals surface area contributed by atoms with Crippen LogP contribution in [0.3, 0.4) is 0 Å². The molecule has 0 heterocycles. The Morgan fingerprint density at radius 3 is 1.91 bits per heavy atom. The summed E-state index contributed by atoms with van der Waals surface area (Å²) in [4.78, 5) is 26.1. The van der Waals surface area contributed by atoms with Crippen LogP contribution in [0.15, 0.2) is 84.9 Å². The number of carboxylic acid groups (broad SMARTS) is 1. The number of carboxylic acids is 1. The minimum atomic E-state index is -1.10. The molecule has 3 aromatic rings. The quantitative estimate of drug-likeness (QED) is 0.293. The van der Waals surface area contributed by atoms with E-state index < -0.39 is 22.5 Å². The predicted octanol–water partition coefficient (Wildman–Crippen LogP) is 5.83. The van der Waals surface area contributed by atoms with Gasteiger partial charge in [-0.15, -0.1) is 0 Å². The standard InChI is InChI=1S/C28H30N2O5/c31-27(32)26(29(20-22-12-4-1-5-13-22)21-23-14-6-2-7-15-23)28(18-10-3-11-19-28)35-25-17-9-8-16-24(25)30(33)34/h1-2,4-9,12-17,26H,3,10-11,18-21H2,(H,31,32). The van der Waals surface area contributed by atoms with E-state index in [4.69, 9.17) is 4.74 Å². The van der Waals surface area contributed by atoms with Gasteiger partial charge in [0.25, 0.3) is 0 Å². The van der Waals surface area contributed by atoms with Crippen LogP contribution in [0.4, 0.5) is 5.69 Å². The van der Waals surface area contributed by atoms with Crippen molar-refractivity contribution >= 4 is 11.7 Å². The highest BCUT2D eigenvalue weighted by atomic mass is 16.6. The first-order chi connectivity index (χ1) is 17.0. The first kappa shape index (κ1) is 24.4. The number of nitro benzene ring substituents is 1. The van der Waals surface area contributed by atoms with E-state index in [0.29, 0.717) is 25.9 Å². The number of aliphatic carboxylic acids is 1. The Kier molecular flexibility index (Phi) is 7.77. The van der Waals surface area contributed by atoms with Crippen molar-refractivity contribution in [3.8, 4) is 5.75 Å². The van der Waals surface area contributed by atoms with Gasteiger partial charge in [-0.2, -0.15) is 0 Å². The number of hydrogen-bond donors (Lipinski definition) is 1. The molecule has 1 atom stereocenters. The summed E-state index contributed by atoms with van der Waals surface area (Å²) in [6.07, 6.45) is 3.60. The summed E-state index contributed by atoms with van der Waals surface area (Å²) in [5.74, 6) is -0.873. The van der Waals surface area contributed by atoms with Gasteiger partial charge in [-0.05, 0) is 42.9 Å². The number of nitro groups is 1. The van der Waals surface area contributed by atoms with Gasteiger partial charge in [-0.3, -0.25) is 19.8 Å². The Morgan fingerprint density at radius 2 is 1.40 bits per heavy atom. The Hall–Kier alpha value is -3.71. The maximum Gasteiger partial charge on any atom is 0.325 e. The molecule has 0 saturated heterocycles. The van der Waals surface area contributed by atoms with E-state index in [2.05, 4.69) is 0 Å². The molecule has 0 spiro atoms. The Balaban J connectivity index is 1.77. The molecule has 0 aliphatic heterocycles. The van der Waals surface area contributed by atoms with Crippen molar-refractivity contribution in [2.45, 2.75) is 56.8 Å². The normalized spacial score (nSPS) is 15.9. The lowest BCUT2D eigenvalue weighted by Crippen LogP contribution is -2.60. The van der Waals surface area contributed by atoms with E-state index in [1.54, 1.807) is 18.2 Å². The number of nitrogens with zero attached hydrogens (tertiary/aromatic N) is 2. The number of hydrogen-bond acceptors (Lipinski definition) is 5. The molecule has 1 N–H and O–H groups in total. The molecular weight excluding hydrogens is 444 g/mol. The highest BCUT2D eigenvalue weighted by molar-refractivity contribution is 5.75. The van der Waals surface area contributed by atoms with Gasteiger partial charge < -0.3 is 9.84 Å². The van der Waals surface area contributed by atoms with Crippen LogP contribution in [0.5, 0.6) is 5.75 Å². The van der Waals surface area contributed by atoms with E-state index in [-0.39, 0.29) is 11.4 Å². The van der Waals surface area contributed by atoms with Crippen LogP contribution in [0.25, 0.3) is 0 Å². The number of ether oxygens (including phenoxy) is 1. The first-order valence-corrected chi connectivity index (χ1v) is 12.0. The van der Waals surface area contributed by atoms with E-state index >= 15 is 0 Å². The summed E-state index contributed by atoms with van der Waals surface area (Å²) >= 11 is 0. The number of carbonyl (C=O) groups is 1. The molecule has 3 aromatic carbocycles. The summed E-state index contributed by atoms with van der Waals surface area (Å²) in [6, 6.07) is 24.8. The van der Waals surface area contributed by atoms with Crippen LogP contribution in [0, 0.1) is 10.1 Å². The van der Waals surface area contributed by atoms with Gasteiger partial charge >= 0.3 is 11.7 Å². The van der Waals surface area contributed by atoms with Gasteiger partial charge in [-0.25, -0.2) is 0 Å². The molecule has 0 amide bonds. The monoisotopic (exact) mass is 474 g/mol. The SMILES string of the molecule is O=C(O)C(N(Cc1ccccc1)Cc1ccccc1)C1(Oc2ccccc2[N+](=O)[O-])CCCCC1. The smallest absolute Gasteiger partial charge is 0.325 e. The summed E-state index contributed by atoms with van der Waals surface area (Å²) in [7, 11) is 0. The average molecular weight is 475 g/mol. The van der Waals surface area contributed by atoms with Gasteiger partial charge in [0.2, 0.25) is 0 Å². The molecule has 1 aliphatic rings. The van der Waals surface area contributed by atoms with Gasteiger partial charge in [0, 0.05) is 19.2 Å². The van der Waals surface area contributed by atoms with E-state index in [0.717, 1.165) is 30.4 Å². The molecule has 7 heteroatoms. The van der Waals surface area contributed by atoms with Crippen molar-refractivity contribution in [3.63, 3.8) is 0 Å². The Bertz CT molecular complexity index is 1090. The Labute approximate surface area is 205 Å². The molecular formula is C28H30N2O5. The number of benzene rings is 3. The zero-order valence-corrected chi connectivity index (χ0v) is 19.6. The topological polar surface area (TPSA) is 92.9 Å².